The van der Waals surface area contributed by atoms with E-state index < -0.39 is 6.10 Å². The number of hydroxylamine groups is 2. The number of aliphatic imine (C=N–C) groups is 1. The van der Waals surface area contributed by atoms with Crippen LogP contribution < -0.4 is 11.1 Å². The van der Waals surface area contributed by atoms with Crippen LogP contribution in [0.2, 0.25) is 0 Å². The minimum atomic E-state index is -0.485. The van der Waals surface area contributed by atoms with Crippen molar-refractivity contribution in [1.82, 2.24) is 9.96 Å². The summed E-state index contributed by atoms with van der Waals surface area (Å²) in [6, 6.07) is 13.0. The van der Waals surface area contributed by atoms with E-state index in [9.17, 15) is 14.7 Å². The minimum absolute atomic E-state index is 0.155. The van der Waals surface area contributed by atoms with E-state index in [0.29, 0.717) is 48.4 Å². The Morgan fingerprint density at radius 1 is 1.25 bits per heavy atom. The Balaban J connectivity index is 1.52. The molecule has 0 spiro atoms. The van der Waals surface area contributed by atoms with Crippen LogP contribution in [0, 0.1) is 0 Å². The van der Waals surface area contributed by atoms with Crippen LogP contribution >= 0.6 is 0 Å². The lowest BCUT2D eigenvalue weighted by Gasteiger charge is -2.22. The van der Waals surface area contributed by atoms with E-state index >= 15 is 0 Å². The van der Waals surface area contributed by atoms with Crippen molar-refractivity contribution in [1.29, 1.82) is 0 Å². The van der Waals surface area contributed by atoms with Crippen molar-refractivity contribution >= 4 is 35.1 Å². The summed E-state index contributed by atoms with van der Waals surface area (Å²) in [5.41, 5.74) is 10.3. The van der Waals surface area contributed by atoms with Crippen LogP contribution in [-0.2, 0) is 16.2 Å². The monoisotopic (exact) mass is 491 g/mol. The maximum atomic E-state index is 13.4. The molecule has 1 atom stereocenters. The molecule has 2 aromatic carbocycles. The number of β-amino-alcohol motifs (C(OH)–C–C–N with tert-alkyl or cyclic N) is 1. The molecule has 0 aromatic heterocycles. The zero-order chi connectivity index (χ0) is 25.7. The quantitative estimate of drug-likeness (QED) is 0.488. The maximum Gasteiger partial charge on any atom is 0.273 e. The number of benzene rings is 2. The van der Waals surface area contributed by atoms with Crippen LogP contribution in [0.1, 0.15) is 47.7 Å². The van der Waals surface area contributed by atoms with Crippen LogP contribution in [0.3, 0.4) is 0 Å². The number of nitrogens with two attached hydrogens (primary N) is 1. The van der Waals surface area contributed by atoms with E-state index in [1.54, 1.807) is 29.2 Å². The van der Waals surface area contributed by atoms with Crippen molar-refractivity contribution in [3.05, 3.63) is 64.7 Å². The number of fused-ring (bicyclic) bond motifs is 1. The number of aliphatic hydroxyl groups excluding tert-OH is 1. The molecule has 2 heterocycles. The smallest absolute Gasteiger partial charge is 0.273 e. The van der Waals surface area contributed by atoms with Crippen LogP contribution in [-0.4, -0.2) is 65.5 Å². The third-order valence-corrected chi connectivity index (χ3v) is 6.25. The standard InChI is InChI=1S/C27H33N5O4/c1-3-11-32(36-17-18-4-8-22(29-2)9-5-18)27(35)21-13-19-6-7-20(14-24(19)30-25(28)15-21)26(34)31-12-10-23(33)16-31/h4-9,13-14,23,29,33H,3,10-12,15-17H2,1-2H3,(H2,28,30). The van der Waals surface area contributed by atoms with Crippen molar-refractivity contribution in [3.8, 4) is 0 Å². The zero-order valence-electron chi connectivity index (χ0n) is 20.7. The van der Waals surface area contributed by atoms with E-state index in [1.807, 2.05) is 38.2 Å². The molecule has 2 amide bonds. The molecule has 2 aromatic rings. The third-order valence-electron chi connectivity index (χ3n) is 6.25. The maximum absolute atomic E-state index is 13.4. The first-order valence-electron chi connectivity index (χ1n) is 12.2. The van der Waals surface area contributed by atoms with Gasteiger partial charge in [-0.05, 0) is 48.7 Å². The first-order valence-corrected chi connectivity index (χ1v) is 12.2. The van der Waals surface area contributed by atoms with Gasteiger partial charge in [-0.25, -0.2) is 10.1 Å². The highest BCUT2D eigenvalue weighted by molar-refractivity contribution is 6.05. The number of amidine groups is 1. The Morgan fingerprint density at radius 2 is 2.03 bits per heavy atom. The molecule has 0 saturated carbocycles. The first-order chi connectivity index (χ1) is 17.4. The molecule has 36 heavy (non-hydrogen) atoms. The number of rotatable bonds is 8. The average Bonchev–Trinajstić information content (AvgIpc) is 3.24. The lowest BCUT2D eigenvalue weighted by Crippen LogP contribution is -2.34. The molecule has 4 N–H and O–H groups in total. The number of aliphatic hydroxyl groups is 1. The molecule has 4 rings (SSSR count). The third kappa shape index (κ3) is 5.92. The van der Waals surface area contributed by atoms with Crippen LogP contribution in [0.25, 0.3) is 6.08 Å². The summed E-state index contributed by atoms with van der Waals surface area (Å²) in [6.45, 7) is 3.53. The van der Waals surface area contributed by atoms with Gasteiger partial charge < -0.3 is 21.1 Å². The second-order valence-electron chi connectivity index (χ2n) is 9.04. The van der Waals surface area contributed by atoms with Crippen LogP contribution in [0.4, 0.5) is 11.4 Å². The lowest BCUT2D eigenvalue weighted by molar-refractivity contribution is -0.187. The van der Waals surface area contributed by atoms with Gasteiger partial charge in [0.05, 0.1) is 11.8 Å². The predicted molar refractivity (Wildman–Crippen MR) is 140 cm³/mol. The van der Waals surface area contributed by atoms with Crippen LogP contribution in [0.15, 0.2) is 53.0 Å². The number of amides is 2. The predicted octanol–water partition coefficient (Wildman–Crippen LogP) is 3.08. The van der Waals surface area contributed by atoms with Crippen molar-refractivity contribution in [2.24, 2.45) is 10.7 Å². The molecular weight excluding hydrogens is 458 g/mol. The van der Waals surface area contributed by atoms with Gasteiger partial charge in [-0.2, -0.15) is 0 Å². The lowest BCUT2D eigenvalue weighted by atomic mass is 10.0. The molecule has 9 nitrogen and oxygen atoms in total. The Morgan fingerprint density at radius 3 is 2.69 bits per heavy atom. The van der Waals surface area contributed by atoms with Crippen molar-refractivity contribution in [2.75, 3.05) is 32.0 Å². The Hall–Kier alpha value is -3.69. The highest BCUT2D eigenvalue weighted by atomic mass is 16.7. The summed E-state index contributed by atoms with van der Waals surface area (Å²) in [5.74, 6) is -0.132. The van der Waals surface area contributed by atoms with Crippen molar-refractivity contribution in [2.45, 2.75) is 38.9 Å². The van der Waals surface area contributed by atoms with Gasteiger partial charge in [-0.15, -0.1) is 0 Å². The van der Waals surface area contributed by atoms with Gasteiger partial charge >= 0.3 is 0 Å². The molecular formula is C27H33N5O4. The molecule has 1 unspecified atom stereocenters. The second kappa shape index (κ2) is 11.4. The number of carbonyl (C=O) groups excluding carboxylic acids is 2. The average molecular weight is 492 g/mol. The first kappa shape index (κ1) is 25.4. The highest BCUT2D eigenvalue weighted by Gasteiger charge is 2.27. The molecule has 0 bridgehead atoms. The van der Waals surface area contributed by atoms with E-state index in [-0.39, 0.29) is 30.7 Å². The SMILES string of the molecule is CCCN(OCc1ccc(NC)cc1)C(=O)C1=Cc2ccc(C(=O)N3CCC(O)C3)cc2N=C(N)C1. The summed E-state index contributed by atoms with van der Waals surface area (Å²) in [6.07, 6.45) is 2.77. The number of anilines is 1. The van der Waals surface area contributed by atoms with Gasteiger partial charge in [-0.1, -0.05) is 25.1 Å². The van der Waals surface area contributed by atoms with E-state index in [2.05, 4.69) is 10.3 Å². The number of hydrogen-bond acceptors (Lipinski definition) is 7. The fourth-order valence-electron chi connectivity index (χ4n) is 4.28. The largest absolute Gasteiger partial charge is 0.391 e. The summed E-state index contributed by atoms with van der Waals surface area (Å²) >= 11 is 0. The van der Waals surface area contributed by atoms with E-state index in [0.717, 1.165) is 17.7 Å². The second-order valence-corrected chi connectivity index (χ2v) is 9.04. The summed E-state index contributed by atoms with van der Waals surface area (Å²) in [4.78, 5) is 38.3. The molecule has 190 valence electrons. The van der Waals surface area contributed by atoms with Crippen LogP contribution in [0.5, 0.6) is 0 Å². The fraction of sp³-hybridized carbons (Fsp3) is 0.370. The molecule has 9 heteroatoms. The molecule has 0 radical (unpaired) electrons. The van der Waals surface area contributed by atoms with Gasteiger partial charge in [0.15, 0.2) is 0 Å². The Kier molecular flexibility index (Phi) is 8.02. The van der Waals surface area contributed by atoms with Crippen molar-refractivity contribution in [3.63, 3.8) is 0 Å². The highest BCUT2D eigenvalue weighted by Crippen LogP contribution is 2.29. The van der Waals surface area contributed by atoms with Crippen molar-refractivity contribution < 1.29 is 19.5 Å². The number of hydrogen-bond donors (Lipinski definition) is 3. The summed E-state index contributed by atoms with van der Waals surface area (Å²) in [7, 11) is 1.86. The van der Waals surface area contributed by atoms with E-state index in [1.165, 1.54) is 5.06 Å². The Bertz CT molecular complexity index is 1180. The number of nitrogens with one attached hydrogen (secondary N) is 1. The normalized spacial score (nSPS) is 17.1. The molecule has 0 aliphatic carbocycles. The summed E-state index contributed by atoms with van der Waals surface area (Å²) in [5, 5.41) is 14.2. The van der Waals surface area contributed by atoms with Gasteiger partial charge in [0, 0.05) is 55.5 Å². The van der Waals surface area contributed by atoms with Gasteiger partial charge in [-0.3, -0.25) is 14.4 Å². The van der Waals surface area contributed by atoms with Gasteiger partial charge in [0.1, 0.15) is 12.4 Å². The topological polar surface area (TPSA) is 120 Å². The zero-order valence-corrected chi connectivity index (χ0v) is 20.7. The van der Waals surface area contributed by atoms with Gasteiger partial charge in [0.2, 0.25) is 0 Å². The number of nitrogens with zero attached hydrogens (tertiary/aromatic N) is 3. The number of carbonyl (C=O) groups is 2. The molecule has 2 aliphatic rings. The summed E-state index contributed by atoms with van der Waals surface area (Å²) < 4.78 is 0. The molecule has 1 fully saturated rings. The van der Waals surface area contributed by atoms with E-state index in [4.69, 9.17) is 10.6 Å². The van der Waals surface area contributed by atoms with Gasteiger partial charge in [0.25, 0.3) is 11.8 Å². The fourth-order valence-corrected chi connectivity index (χ4v) is 4.28. The molecule has 2 aliphatic heterocycles. The minimum Gasteiger partial charge on any atom is -0.391 e. The molecule has 1 saturated heterocycles. The Labute approximate surface area is 211 Å². The number of likely N-dealkylation sites (tertiary alicyclic amines) is 1.